The summed E-state index contributed by atoms with van der Waals surface area (Å²) in [6.45, 7) is 4.41. The summed E-state index contributed by atoms with van der Waals surface area (Å²) in [4.78, 5) is 0. The van der Waals surface area contributed by atoms with Crippen LogP contribution in [0.4, 0.5) is 4.39 Å². The van der Waals surface area contributed by atoms with Crippen LogP contribution in [0.2, 0.25) is 13.1 Å². The van der Waals surface area contributed by atoms with Crippen LogP contribution in [0.1, 0.15) is 17.2 Å². The van der Waals surface area contributed by atoms with Crippen molar-refractivity contribution in [1.29, 1.82) is 0 Å². The molecule has 0 saturated heterocycles. The van der Waals surface area contributed by atoms with Crippen molar-refractivity contribution in [2.24, 2.45) is 0 Å². The summed E-state index contributed by atoms with van der Waals surface area (Å²) in [7, 11) is -1.81. The number of benzene rings is 2. The molecule has 3 rings (SSSR count). The molecule has 2 aromatic carbocycles. The smallest absolute Gasteiger partial charge is 0.219 e. The molecule has 0 saturated carbocycles. The summed E-state index contributed by atoms with van der Waals surface area (Å²) in [6, 6.07) is 15.0. The lowest BCUT2D eigenvalue weighted by atomic mass is 10.0. The van der Waals surface area contributed by atoms with Crippen molar-refractivity contribution in [3.63, 3.8) is 0 Å². The van der Waals surface area contributed by atoms with Gasteiger partial charge in [-0.15, -0.1) is 0 Å². The highest BCUT2D eigenvalue weighted by Gasteiger charge is 2.40. The van der Waals surface area contributed by atoms with Crippen molar-refractivity contribution >= 4 is 13.5 Å². The lowest BCUT2D eigenvalue weighted by molar-refractivity contribution is 0.259. The maximum Gasteiger partial charge on any atom is 0.219 e. The van der Waals surface area contributed by atoms with Crippen molar-refractivity contribution < 1.29 is 8.82 Å². The average Bonchev–Trinajstić information content (AvgIpc) is 2.63. The van der Waals surface area contributed by atoms with Gasteiger partial charge in [-0.25, -0.2) is 4.39 Å². The maximum atomic E-state index is 13.0. The minimum absolute atomic E-state index is 0.0385. The first-order chi connectivity index (χ1) is 8.58. The molecule has 3 heteroatoms. The van der Waals surface area contributed by atoms with Crippen LogP contribution in [0.5, 0.6) is 0 Å². The van der Waals surface area contributed by atoms with E-state index >= 15 is 0 Å². The molecule has 0 amide bonds. The Kier molecular flexibility index (Phi) is 2.61. The van der Waals surface area contributed by atoms with Gasteiger partial charge in [0.05, 0.1) is 6.10 Å². The highest BCUT2D eigenvalue weighted by molar-refractivity contribution is 6.85. The molecule has 1 heterocycles. The van der Waals surface area contributed by atoms with Crippen LogP contribution in [0, 0.1) is 5.82 Å². The zero-order valence-corrected chi connectivity index (χ0v) is 11.5. The molecule has 0 spiro atoms. The Balaban J connectivity index is 2.08. The first kappa shape index (κ1) is 11.6. The number of hydrogen-bond donors (Lipinski definition) is 0. The molecule has 0 aromatic heterocycles. The summed E-state index contributed by atoms with van der Waals surface area (Å²) in [5.74, 6) is -0.207. The van der Waals surface area contributed by atoms with Crippen LogP contribution in [0.15, 0.2) is 48.5 Å². The molecule has 92 valence electrons. The molecule has 1 aliphatic heterocycles. The van der Waals surface area contributed by atoms with Crippen LogP contribution in [-0.4, -0.2) is 8.32 Å². The van der Waals surface area contributed by atoms with Crippen molar-refractivity contribution in [2.45, 2.75) is 19.2 Å². The molecule has 1 nitrogen and oxygen atoms in total. The highest BCUT2D eigenvalue weighted by Crippen LogP contribution is 2.35. The van der Waals surface area contributed by atoms with E-state index in [9.17, 15) is 4.39 Å². The molecule has 1 unspecified atom stereocenters. The minimum Gasteiger partial charge on any atom is -0.402 e. The van der Waals surface area contributed by atoms with E-state index in [1.165, 1.54) is 22.9 Å². The number of rotatable bonds is 1. The molecule has 2 aromatic rings. The van der Waals surface area contributed by atoms with Gasteiger partial charge in [0.25, 0.3) is 0 Å². The predicted octanol–water partition coefficient (Wildman–Crippen LogP) is 3.36. The van der Waals surface area contributed by atoms with Gasteiger partial charge in [0.2, 0.25) is 8.32 Å². The molecular formula is C15H15FOSi. The van der Waals surface area contributed by atoms with Crippen LogP contribution in [0.3, 0.4) is 0 Å². The second kappa shape index (κ2) is 4.04. The van der Waals surface area contributed by atoms with Crippen LogP contribution in [0.25, 0.3) is 0 Å². The van der Waals surface area contributed by atoms with Gasteiger partial charge in [-0.1, -0.05) is 36.4 Å². The number of hydrogen-bond acceptors (Lipinski definition) is 1. The van der Waals surface area contributed by atoms with Gasteiger partial charge in [0.15, 0.2) is 0 Å². The normalized spacial score (nSPS) is 20.7. The van der Waals surface area contributed by atoms with Gasteiger partial charge in [-0.05, 0) is 41.5 Å². The van der Waals surface area contributed by atoms with Crippen molar-refractivity contribution in [2.75, 3.05) is 0 Å². The van der Waals surface area contributed by atoms with Gasteiger partial charge in [-0.3, -0.25) is 0 Å². The van der Waals surface area contributed by atoms with E-state index in [0.29, 0.717) is 0 Å². The minimum atomic E-state index is -1.81. The Morgan fingerprint density at radius 1 is 1.00 bits per heavy atom. The second-order valence-electron chi connectivity index (χ2n) is 5.15. The standard InChI is InChI=1S/C15H15FOSi/c1-18(2)14-6-4-3-5-13(14)15(17-18)11-7-9-12(16)10-8-11/h3-10,15H,1-2H3. The summed E-state index contributed by atoms with van der Waals surface area (Å²) < 4.78 is 19.3. The van der Waals surface area contributed by atoms with E-state index < -0.39 is 8.32 Å². The Morgan fingerprint density at radius 3 is 2.39 bits per heavy atom. The molecule has 0 fully saturated rings. The Morgan fingerprint density at radius 2 is 1.67 bits per heavy atom. The first-order valence-corrected chi connectivity index (χ1v) is 9.01. The third kappa shape index (κ3) is 1.80. The van der Waals surface area contributed by atoms with Gasteiger partial charge >= 0.3 is 0 Å². The Bertz CT molecular complexity index is 577. The van der Waals surface area contributed by atoms with Crippen LogP contribution >= 0.6 is 0 Å². The van der Waals surface area contributed by atoms with E-state index in [4.69, 9.17) is 4.43 Å². The molecule has 0 aliphatic carbocycles. The fourth-order valence-corrected chi connectivity index (χ4v) is 4.97. The molecular weight excluding hydrogens is 243 g/mol. The Labute approximate surface area is 107 Å². The van der Waals surface area contributed by atoms with Crippen molar-refractivity contribution in [1.82, 2.24) is 0 Å². The van der Waals surface area contributed by atoms with E-state index in [0.717, 1.165) is 5.56 Å². The quantitative estimate of drug-likeness (QED) is 0.713. The fraction of sp³-hybridized carbons (Fsp3) is 0.200. The summed E-state index contributed by atoms with van der Waals surface area (Å²) in [5.41, 5.74) is 2.27. The van der Waals surface area contributed by atoms with Crippen LogP contribution in [-0.2, 0) is 4.43 Å². The van der Waals surface area contributed by atoms with E-state index in [1.807, 2.05) is 18.2 Å². The number of fused-ring (bicyclic) bond motifs is 1. The van der Waals surface area contributed by atoms with Gasteiger partial charge < -0.3 is 4.43 Å². The van der Waals surface area contributed by atoms with E-state index in [2.05, 4.69) is 31.3 Å². The molecule has 0 bridgehead atoms. The third-order valence-electron chi connectivity index (χ3n) is 3.48. The van der Waals surface area contributed by atoms with E-state index in [1.54, 1.807) is 0 Å². The molecule has 0 N–H and O–H groups in total. The first-order valence-electron chi connectivity index (χ1n) is 6.10. The SMILES string of the molecule is C[Si]1(C)OC(c2ccc(F)cc2)c2ccccc21. The van der Waals surface area contributed by atoms with Gasteiger partial charge in [0, 0.05) is 0 Å². The maximum absolute atomic E-state index is 13.0. The van der Waals surface area contributed by atoms with Gasteiger partial charge in [0.1, 0.15) is 5.82 Å². The lowest BCUT2D eigenvalue weighted by Gasteiger charge is -2.18. The van der Waals surface area contributed by atoms with Crippen molar-refractivity contribution in [3.8, 4) is 0 Å². The molecule has 18 heavy (non-hydrogen) atoms. The number of halogens is 1. The second-order valence-corrected chi connectivity index (χ2v) is 8.94. The summed E-state index contributed by atoms with van der Waals surface area (Å²) in [5, 5.41) is 1.35. The highest BCUT2D eigenvalue weighted by atomic mass is 28.4. The topological polar surface area (TPSA) is 9.23 Å². The zero-order valence-electron chi connectivity index (χ0n) is 10.5. The zero-order chi connectivity index (χ0) is 12.8. The fourth-order valence-electron chi connectivity index (χ4n) is 2.58. The summed E-state index contributed by atoms with van der Waals surface area (Å²) >= 11 is 0. The van der Waals surface area contributed by atoms with Gasteiger partial charge in [-0.2, -0.15) is 0 Å². The molecule has 1 atom stereocenters. The Hall–Kier alpha value is -1.45. The average molecular weight is 258 g/mol. The van der Waals surface area contributed by atoms with E-state index in [-0.39, 0.29) is 11.9 Å². The van der Waals surface area contributed by atoms with Crippen LogP contribution < -0.4 is 5.19 Å². The largest absolute Gasteiger partial charge is 0.402 e. The predicted molar refractivity (Wildman–Crippen MR) is 72.9 cm³/mol. The monoisotopic (exact) mass is 258 g/mol. The molecule has 0 radical (unpaired) electrons. The molecule has 1 aliphatic rings. The summed E-state index contributed by atoms with van der Waals surface area (Å²) in [6.07, 6.45) is -0.0385. The third-order valence-corrected chi connectivity index (χ3v) is 6.05. The lowest BCUT2D eigenvalue weighted by Crippen LogP contribution is -2.39. The van der Waals surface area contributed by atoms with Crippen molar-refractivity contribution in [3.05, 3.63) is 65.5 Å².